The highest BCUT2D eigenvalue weighted by molar-refractivity contribution is 6.16. The number of para-hydroxylation sites is 2. The number of benzene rings is 1. The zero-order valence-electron chi connectivity index (χ0n) is 11.5. The van der Waals surface area contributed by atoms with Crippen molar-refractivity contribution < 1.29 is 0 Å². The minimum atomic E-state index is 0.502. The van der Waals surface area contributed by atoms with E-state index in [2.05, 4.69) is 35.8 Å². The van der Waals surface area contributed by atoms with Crippen LogP contribution in [0.4, 0.5) is 0 Å². The Hall–Kier alpha value is -1.02. The zero-order valence-corrected chi connectivity index (χ0v) is 12.2. The van der Waals surface area contributed by atoms with Crippen molar-refractivity contribution in [1.82, 2.24) is 9.55 Å². The molecule has 1 aliphatic carbocycles. The molecule has 1 fully saturated rings. The Bertz CT molecular complexity index is 561. The molecule has 0 aliphatic heterocycles. The third-order valence-corrected chi connectivity index (χ3v) is 4.75. The summed E-state index contributed by atoms with van der Waals surface area (Å²) < 4.78 is 2.43. The lowest BCUT2D eigenvalue weighted by Crippen LogP contribution is -2.24. The van der Waals surface area contributed by atoms with Crippen LogP contribution in [0.2, 0.25) is 0 Å². The van der Waals surface area contributed by atoms with E-state index in [1.807, 2.05) is 0 Å². The smallest absolute Gasteiger partial charge is 0.125 e. The van der Waals surface area contributed by atoms with Crippen LogP contribution in [0, 0.1) is 5.92 Å². The lowest BCUT2D eigenvalue weighted by molar-refractivity contribution is 0.234. The second kappa shape index (κ2) is 5.54. The van der Waals surface area contributed by atoms with E-state index in [9.17, 15) is 0 Å². The van der Waals surface area contributed by atoms with Gasteiger partial charge in [0.05, 0.1) is 16.9 Å². The topological polar surface area (TPSA) is 17.8 Å². The van der Waals surface area contributed by atoms with Crippen LogP contribution in [0.1, 0.15) is 50.9 Å². The number of hydrogen-bond acceptors (Lipinski definition) is 1. The summed E-state index contributed by atoms with van der Waals surface area (Å²) in [6.45, 7) is 2.31. The van der Waals surface area contributed by atoms with Crippen LogP contribution in [0.15, 0.2) is 24.3 Å². The monoisotopic (exact) mass is 276 g/mol. The molecule has 2 aromatic rings. The first-order valence-corrected chi connectivity index (χ1v) is 7.90. The highest BCUT2D eigenvalue weighted by Gasteiger charge is 2.28. The molecule has 0 bridgehead atoms. The van der Waals surface area contributed by atoms with Gasteiger partial charge >= 0.3 is 0 Å². The molecule has 1 saturated carbocycles. The fraction of sp³-hybridized carbons (Fsp3) is 0.562. The van der Waals surface area contributed by atoms with Gasteiger partial charge in [-0.25, -0.2) is 4.98 Å². The molecule has 2 atom stereocenters. The first-order chi connectivity index (χ1) is 9.35. The van der Waals surface area contributed by atoms with Crippen LogP contribution >= 0.6 is 11.6 Å². The van der Waals surface area contributed by atoms with Gasteiger partial charge in [0, 0.05) is 6.04 Å². The third-order valence-electron chi connectivity index (χ3n) is 4.51. The van der Waals surface area contributed by atoms with Crippen molar-refractivity contribution in [2.24, 2.45) is 5.92 Å². The van der Waals surface area contributed by atoms with Crippen LogP contribution in [-0.4, -0.2) is 9.55 Å². The van der Waals surface area contributed by atoms with E-state index in [1.54, 1.807) is 0 Å². The van der Waals surface area contributed by atoms with Gasteiger partial charge < -0.3 is 4.57 Å². The fourth-order valence-corrected chi connectivity index (χ4v) is 3.75. The van der Waals surface area contributed by atoms with Crippen molar-refractivity contribution in [1.29, 1.82) is 0 Å². The molecule has 1 heterocycles. The molecule has 0 saturated heterocycles. The van der Waals surface area contributed by atoms with E-state index in [4.69, 9.17) is 16.6 Å². The summed E-state index contributed by atoms with van der Waals surface area (Å²) in [6, 6.07) is 9.00. The maximum Gasteiger partial charge on any atom is 0.125 e. The van der Waals surface area contributed by atoms with Crippen molar-refractivity contribution in [3.8, 4) is 0 Å². The zero-order chi connectivity index (χ0) is 13.2. The molecule has 2 unspecified atom stereocenters. The molecule has 0 radical (unpaired) electrons. The Morgan fingerprint density at radius 1 is 1.26 bits per heavy atom. The quantitative estimate of drug-likeness (QED) is 0.728. The van der Waals surface area contributed by atoms with Crippen LogP contribution in [0.25, 0.3) is 11.0 Å². The average Bonchev–Trinajstić information content (AvgIpc) is 2.85. The Labute approximate surface area is 119 Å². The highest BCUT2D eigenvalue weighted by atomic mass is 35.5. The number of hydrogen-bond donors (Lipinski definition) is 0. The van der Waals surface area contributed by atoms with Gasteiger partial charge in [-0.15, -0.1) is 11.6 Å². The van der Waals surface area contributed by atoms with Crippen molar-refractivity contribution in [2.75, 3.05) is 0 Å². The number of aromatic nitrogens is 2. The van der Waals surface area contributed by atoms with Crippen LogP contribution < -0.4 is 0 Å². The van der Waals surface area contributed by atoms with Crippen molar-refractivity contribution in [3.05, 3.63) is 30.1 Å². The van der Waals surface area contributed by atoms with E-state index in [0.29, 0.717) is 11.9 Å². The van der Waals surface area contributed by atoms with Crippen molar-refractivity contribution in [3.63, 3.8) is 0 Å². The van der Waals surface area contributed by atoms with Gasteiger partial charge in [-0.2, -0.15) is 0 Å². The first-order valence-electron chi connectivity index (χ1n) is 7.37. The van der Waals surface area contributed by atoms with Gasteiger partial charge in [-0.05, 0) is 30.9 Å². The molecule has 19 heavy (non-hydrogen) atoms. The molecule has 0 spiro atoms. The Kier molecular flexibility index (Phi) is 3.79. The van der Waals surface area contributed by atoms with Crippen LogP contribution in [0.5, 0.6) is 0 Å². The molecular formula is C16H21ClN2. The van der Waals surface area contributed by atoms with Gasteiger partial charge in [-0.3, -0.25) is 0 Å². The molecule has 102 valence electrons. The minimum Gasteiger partial charge on any atom is -0.324 e. The van der Waals surface area contributed by atoms with Crippen LogP contribution in [0.3, 0.4) is 0 Å². The van der Waals surface area contributed by atoms with Crippen LogP contribution in [-0.2, 0) is 5.88 Å². The van der Waals surface area contributed by atoms with Gasteiger partial charge in [-0.1, -0.05) is 38.3 Å². The van der Waals surface area contributed by atoms with E-state index < -0.39 is 0 Å². The molecular weight excluding hydrogens is 256 g/mol. The summed E-state index contributed by atoms with van der Waals surface area (Å²) >= 11 is 6.13. The second-order valence-electron chi connectivity index (χ2n) is 5.54. The number of fused-ring (bicyclic) bond motifs is 1. The predicted molar refractivity (Wildman–Crippen MR) is 80.6 cm³/mol. The number of alkyl halides is 1. The van der Waals surface area contributed by atoms with Gasteiger partial charge in [0.1, 0.15) is 5.82 Å². The van der Waals surface area contributed by atoms with Crippen molar-refractivity contribution in [2.45, 2.75) is 50.9 Å². The largest absolute Gasteiger partial charge is 0.324 e. The third kappa shape index (κ3) is 2.27. The highest BCUT2D eigenvalue weighted by Crippen LogP contribution is 2.38. The van der Waals surface area contributed by atoms with Gasteiger partial charge in [0.15, 0.2) is 0 Å². The van der Waals surface area contributed by atoms with E-state index in [1.165, 1.54) is 37.6 Å². The molecule has 2 nitrogen and oxygen atoms in total. The Morgan fingerprint density at radius 2 is 2.05 bits per heavy atom. The first kappa shape index (κ1) is 13.0. The Balaban J connectivity index is 2.11. The predicted octanol–water partition coefficient (Wildman–Crippen LogP) is 4.92. The Morgan fingerprint density at radius 3 is 2.84 bits per heavy atom. The molecule has 3 rings (SSSR count). The normalized spacial score (nSPS) is 23.9. The summed E-state index contributed by atoms with van der Waals surface area (Å²) in [6.07, 6.45) is 6.56. The maximum absolute atomic E-state index is 6.13. The average molecular weight is 277 g/mol. The summed E-state index contributed by atoms with van der Waals surface area (Å²) in [5.41, 5.74) is 2.34. The maximum atomic E-state index is 6.13. The molecule has 3 heteroatoms. The van der Waals surface area contributed by atoms with Crippen molar-refractivity contribution >= 4 is 22.6 Å². The van der Waals surface area contributed by atoms with E-state index in [0.717, 1.165) is 17.3 Å². The minimum absolute atomic E-state index is 0.502. The van der Waals surface area contributed by atoms with E-state index >= 15 is 0 Å². The summed E-state index contributed by atoms with van der Waals surface area (Å²) in [7, 11) is 0. The van der Waals surface area contributed by atoms with Gasteiger partial charge in [0.25, 0.3) is 0 Å². The molecule has 1 aromatic carbocycles. The summed E-state index contributed by atoms with van der Waals surface area (Å²) in [5.74, 6) is 2.31. The second-order valence-corrected chi connectivity index (χ2v) is 5.81. The lowest BCUT2D eigenvalue weighted by Gasteiger charge is -2.33. The standard InChI is InChI=1S/C16H21ClN2/c1-2-12-7-3-5-9-14(12)19-15-10-6-4-8-13(15)18-16(19)11-17/h4,6,8,10,12,14H,2-3,5,7,9,11H2,1H3. The molecule has 0 amide bonds. The summed E-state index contributed by atoms with van der Waals surface area (Å²) in [5, 5.41) is 0. The molecule has 0 N–H and O–H groups in total. The number of rotatable bonds is 3. The lowest BCUT2D eigenvalue weighted by atomic mass is 9.82. The SMILES string of the molecule is CCC1CCCCC1n1c(CCl)nc2ccccc21. The number of halogens is 1. The molecule has 1 aliphatic rings. The fourth-order valence-electron chi connectivity index (χ4n) is 3.56. The van der Waals surface area contributed by atoms with Gasteiger partial charge in [0.2, 0.25) is 0 Å². The number of imidazole rings is 1. The summed E-state index contributed by atoms with van der Waals surface area (Å²) in [4.78, 5) is 4.71. The molecule has 1 aromatic heterocycles. The van der Waals surface area contributed by atoms with E-state index in [-0.39, 0.29) is 0 Å². The number of nitrogens with zero attached hydrogens (tertiary/aromatic N) is 2.